The van der Waals surface area contributed by atoms with Gasteiger partial charge < -0.3 is 10.6 Å². The van der Waals surface area contributed by atoms with Crippen LogP contribution in [-0.4, -0.2) is 28.5 Å². The first-order chi connectivity index (χ1) is 11.9. The van der Waals surface area contributed by atoms with E-state index in [2.05, 4.69) is 20.6 Å². The fourth-order valence-electron chi connectivity index (χ4n) is 2.68. The Morgan fingerprint density at radius 2 is 2.12 bits per heavy atom. The predicted octanol–water partition coefficient (Wildman–Crippen LogP) is 2.53. The second kappa shape index (κ2) is 7.18. The van der Waals surface area contributed by atoms with Crippen molar-refractivity contribution in [1.29, 1.82) is 0 Å². The largest absolute Gasteiger partial charge is 0.433 e. The van der Waals surface area contributed by atoms with Crippen molar-refractivity contribution in [3.63, 3.8) is 0 Å². The topological polar surface area (TPSA) is 66.9 Å². The summed E-state index contributed by atoms with van der Waals surface area (Å²) >= 11 is 0. The molecule has 1 aliphatic heterocycles. The molecule has 3 rings (SSSR count). The summed E-state index contributed by atoms with van der Waals surface area (Å²) < 4.78 is 37.7. The fourth-order valence-corrected chi connectivity index (χ4v) is 2.68. The van der Waals surface area contributed by atoms with Gasteiger partial charge >= 0.3 is 6.18 Å². The number of amides is 1. The maximum Gasteiger partial charge on any atom is 0.433 e. The Kier molecular flexibility index (Phi) is 4.98. The molecule has 8 heteroatoms. The quantitative estimate of drug-likeness (QED) is 0.889. The molecule has 0 saturated carbocycles. The summed E-state index contributed by atoms with van der Waals surface area (Å²) in [4.78, 5) is 19.6. The van der Waals surface area contributed by atoms with E-state index in [1.54, 1.807) is 18.3 Å². The van der Waals surface area contributed by atoms with Gasteiger partial charge in [-0.1, -0.05) is 0 Å². The van der Waals surface area contributed by atoms with E-state index >= 15 is 0 Å². The van der Waals surface area contributed by atoms with Gasteiger partial charge in [-0.05, 0) is 49.2 Å². The highest BCUT2D eigenvalue weighted by molar-refractivity contribution is 5.82. The normalized spacial score (nSPS) is 17.5. The van der Waals surface area contributed by atoms with E-state index < -0.39 is 11.9 Å². The summed E-state index contributed by atoms with van der Waals surface area (Å²) in [6, 6.07) is 5.59. The van der Waals surface area contributed by atoms with Crippen LogP contribution in [0.4, 0.5) is 13.2 Å². The molecule has 2 aromatic rings. The van der Waals surface area contributed by atoms with Crippen LogP contribution in [0.3, 0.4) is 0 Å². The van der Waals surface area contributed by atoms with Crippen molar-refractivity contribution in [1.82, 2.24) is 20.6 Å². The van der Waals surface area contributed by atoms with Gasteiger partial charge in [-0.3, -0.25) is 14.8 Å². The third-order valence-electron chi connectivity index (χ3n) is 4.02. The average Bonchev–Trinajstić information content (AvgIpc) is 3.14. The number of nitrogens with zero attached hydrogens (tertiary/aromatic N) is 2. The highest BCUT2D eigenvalue weighted by atomic mass is 19.4. The van der Waals surface area contributed by atoms with Crippen LogP contribution in [0.25, 0.3) is 11.3 Å². The Morgan fingerprint density at radius 3 is 2.76 bits per heavy atom. The molecule has 1 amide bonds. The van der Waals surface area contributed by atoms with Crippen LogP contribution < -0.4 is 10.6 Å². The molecule has 0 radical (unpaired) electrons. The second-order valence-corrected chi connectivity index (χ2v) is 5.85. The molecule has 3 heterocycles. The lowest BCUT2D eigenvalue weighted by Gasteiger charge is -2.11. The first-order valence-corrected chi connectivity index (χ1v) is 7.93. The predicted molar refractivity (Wildman–Crippen MR) is 85.3 cm³/mol. The molecule has 132 valence electrons. The molecule has 1 aliphatic rings. The van der Waals surface area contributed by atoms with Crippen molar-refractivity contribution in [3.8, 4) is 11.3 Å². The number of alkyl halides is 3. The molecule has 2 N–H and O–H groups in total. The Morgan fingerprint density at radius 1 is 1.28 bits per heavy atom. The number of carbonyl (C=O) groups excluding carboxylic acids is 1. The van der Waals surface area contributed by atoms with E-state index in [0.717, 1.165) is 37.2 Å². The number of aromatic nitrogens is 2. The SMILES string of the molecule is O=C(NCc1ccnc(-c2ccc(C(F)(F)F)nc2)c1)C1CCCN1. The second-order valence-electron chi connectivity index (χ2n) is 5.85. The Labute approximate surface area is 142 Å². The highest BCUT2D eigenvalue weighted by Gasteiger charge is 2.32. The van der Waals surface area contributed by atoms with Crippen LogP contribution >= 0.6 is 0 Å². The highest BCUT2D eigenvalue weighted by Crippen LogP contribution is 2.28. The van der Waals surface area contributed by atoms with Crippen molar-refractivity contribution in [2.45, 2.75) is 31.6 Å². The van der Waals surface area contributed by atoms with E-state index in [9.17, 15) is 18.0 Å². The third-order valence-corrected chi connectivity index (χ3v) is 4.02. The van der Waals surface area contributed by atoms with Crippen molar-refractivity contribution in [2.24, 2.45) is 0 Å². The monoisotopic (exact) mass is 350 g/mol. The van der Waals surface area contributed by atoms with Gasteiger partial charge in [0.15, 0.2) is 0 Å². The summed E-state index contributed by atoms with van der Waals surface area (Å²) in [5.74, 6) is -0.0490. The van der Waals surface area contributed by atoms with Crippen LogP contribution in [0.15, 0.2) is 36.7 Å². The molecule has 1 unspecified atom stereocenters. The summed E-state index contributed by atoms with van der Waals surface area (Å²) in [6.07, 6.45) is 0.0493. The van der Waals surface area contributed by atoms with E-state index in [0.29, 0.717) is 17.8 Å². The molecule has 0 spiro atoms. The minimum atomic E-state index is -4.47. The van der Waals surface area contributed by atoms with E-state index in [1.807, 2.05) is 0 Å². The maximum atomic E-state index is 12.6. The van der Waals surface area contributed by atoms with Crippen LogP contribution in [0.5, 0.6) is 0 Å². The first kappa shape index (κ1) is 17.3. The zero-order valence-electron chi connectivity index (χ0n) is 13.3. The third kappa shape index (κ3) is 4.33. The standard InChI is InChI=1S/C17H17F3N4O/c18-17(19,20)15-4-3-12(10-23-15)14-8-11(5-7-22-14)9-24-16(25)13-2-1-6-21-13/h3-5,7-8,10,13,21H,1-2,6,9H2,(H,24,25). The Bertz CT molecular complexity index is 740. The number of halogens is 3. The lowest BCUT2D eigenvalue weighted by atomic mass is 10.1. The number of hydrogen-bond acceptors (Lipinski definition) is 4. The molecular weight excluding hydrogens is 333 g/mol. The Hall–Kier alpha value is -2.48. The van der Waals surface area contributed by atoms with Crippen LogP contribution in [-0.2, 0) is 17.5 Å². The molecule has 0 aromatic carbocycles. The van der Waals surface area contributed by atoms with Gasteiger partial charge in [0.05, 0.1) is 11.7 Å². The smallest absolute Gasteiger partial charge is 0.351 e. The lowest BCUT2D eigenvalue weighted by Crippen LogP contribution is -2.40. The van der Waals surface area contributed by atoms with E-state index in [1.165, 1.54) is 6.07 Å². The number of rotatable bonds is 4. The van der Waals surface area contributed by atoms with Crippen molar-refractivity contribution in [2.75, 3.05) is 6.54 Å². The van der Waals surface area contributed by atoms with Gasteiger partial charge in [0, 0.05) is 24.5 Å². The van der Waals surface area contributed by atoms with E-state index in [-0.39, 0.29) is 11.9 Å². The molecule has 1 fully saturated rings. The van der Waals surface area contributed by atoms with Gasteiger partial charge in [-0.25, -0.2) is 0 Å². The summed E-state index contributed by atoms with van der Waals surface area (Å²) in [5.41, 5.74) is 0.866. The van der Waals surface area contributed by atoms with Gasteiger partial charge in [0.2, 0.25) is 5.91 Å². The van der Waals surface area contributed by atoms with Gasteiger partial charge in [0.1, 0.15) is 5.69 Å². The van der Waals surface area contributed by atoms with E-state index in [4.69, 9.17) is 0 Å². The number of pyridine rings is 2. The Balaban J connectivity index is 1.67. The molecule has 25 heavy (non-hydrogen) atoms. The molecule has 1 atom stereocenters. The molecular formula is C17H17F3N4O. The summed E-state index contributed by atoms with van der Waals surface area (Å²) in [5, 5.41) is 5.98. The van der Waals surface area contributed by atoms with Gasteiger partial charge in [-0.2, -0.15) is 13.2 Å². The number of carbonyl (C=O) groups is 1. The molecule has 1 saturated heterocycles. The zero-order valence-corrected chi connectivity index (χ0v) is 13.3. The number of nitrogens with one attached hydrogen (secondary N) is 2. The average molecular weight is 350 g/mol. The molecule has 0 bridgehead atoms. The molecule has 0 aliphatic carbocycles. The van der Waals surface area contributed by atoms with Gasteiger partial charge in [0.25, 0.3) is 0 Å². The van der Waals surface area contributed by atoms with Crippen molar-refractivity contribution >= 4 is 5.91 Å². The summed E-state index contributed by atoms with van der Waals surface area (Å²) in [7, 11) is 0. The summed E-state index contributed by atoms with van der Waals surface area (Å²) in [6.45, 7) is 1.18. The lowest BCUT2D eigenvalue weighted by molar-refractivity contribution is -0.141. The maximum absolute atomic E-state index is 12.6. The van der Waals surface area contributed by atoms with Crippen LogP contribution in [0.1, 0.15) is 24.1 Å². The number of hydrogen-bond donors (Lipinski definition) is 2. The first-order valence-electron chi connectivity index (χ1n) is 7.93. The molecule has 2 aromatic heterocycles. The van der Waals surface area contributed by atoms with Crippen molar-refractivity contribution < 1.29 is 18.0 Å². The minimum absolute atomic E-state index is 0.0490. The van der Waals surface area contributed by atoms with Crippen LogP contribution in [0.2, 0.25) is 0 Å². The fraction of sp³-hybridized carbons (Fsp3) is 0.353. The van der Waals surface area contributed by atoms with Crippen molar-refractivity contribution in [3.05, 3.63) is 47.9 Å². The molecule has 5 nitrogen and oxygen atoms in total. The van der Waals surface area contributed by atoms with Gasteiger partial charge in [-0.15, -0.1) is 0 Å². The minimum Gasteiger partial charge on any atom is -0.351 e. The zero-order chi connectivity index (χ0) is 17.9. The van der Waals surface area contributed by atoms with Crippen LogP contribution in [0, 0.1) is 0 Å².